The molecule has 0 saturated carbocycles. The van der Waals surface area contributed by atoms with Gasteiger partial charge in [-0.3, -0.25) is 0 Å². The first kappa shape index (κ1) is 13.2. The van der Waals surface area contributed by atoms with Gasteiger partial charge in [0.05, 0.1) is 0 Å². The molecule has 0 bridgehead atoms. The third-order valence-corrected chi connectivity index (χ3v) is 3.05. The normalized spacial score (nSPS) is 10.7. The summed E-state index contributed by atoms with van der Waals surface area (Å²) in [6.45, 7) is 0. The third kappa shape index (κ3) is 3.62. The van der Waals surface area contributed by atoms with Crippen LogP contribution in [0.5, 0.6) is 0 Å². The molecule has 2 rings (SSSR count). The number of rotatable bonds is 4. The molecule has 0 radical (unpaired) electrons. The standard InChI is InChI=1S/C17H20N2/c1-18-16-6-4-5-15(13-16)8-7-14-9-11-17(12-10-14)19(2)3/h4-13,18H,1-3H3/b8-7+. The van der Waals surface area contributed by atoms with E-state index in [1.165, 1.54) is 16.8 Å². The summed E-state index contributed by atoms with van der Waals surface area (Å²) < 4.78 is 0. The van der Waals surface area contributed by atoms with Crippen LogP contribution in [0.1, 0.15) is 11.1 Å². The van der Waals surface area contributed by atoms with Crippen LogP contribution < -0.4 is 10.2 Å². The minimum Gasteiger partial charge on any atom is -0.388 e. The maximum atomic E-state index is 3.15. The fourth-order valence-corrected chi connectivity index (χ4v) is 1.87. The molecule has 0 amide bonds. The van der Waals surface area contributed by atoms with Crippen molar-refractivity contribution >= 4 is 23.5 Å². The zero-order chi connectivity index (χ0) is 13.7. The molecule has 19 heavy (non-hydrogen) atoms. The SMILES string of the molecule is CNc1cccc(/C=C/c2ccc(N(C)C)cc2)c1. The molecule has 0 aliphatic carbocycles. The van der Waals surface area contributed by atoms with Crippen molar-refractivity contribution in [2.24, 2.45) is 0 Å². The van der Waals surface area contributed by atoms with Crippen molar-refractivity contribution in [3.63, 3.8) is 0 Å². The van der Waals surface area contributed by atoms with E-state index >= 15 is 0 Å². The van der Waals surface area contributed by atoms with E-state index in [-0.39, 0.29) is 0 Å². The smallest absolute Gasteiger partial charge is 0.0361 e. The van der Waals surface area contributed by atoms with Gasteiger partial charge in [0.1, 0.15) is 0 Å². The van der Waals surface area contributed by atoms with Crippen LogP contribution in [0.25, 0.3) is 12.2 Å². The lowest BCUT2D eigenvalue weighted by Gasteiger charge is -2.11. The molecule has 0 fully saturated rings. The lowest BCUT2D eigenvalue weighted by Crippen LogP contribution is -2.07. The van der Waals surface area contributed by atoms with Gasteiger partial charge < -0.3 is 10.2 Å². The Bertz CT molecular complexity index is 554. The fourth-order valence-electron chi connectivity index (χ4n) is 1.87. The van der Waals surface area contributed by atoms with Crippen molar-refractivity contribution in [1.82, 2.24) is 0 Å². The van der Waals surface area contributed by atoms with Gasteiger partial charge in [0, 0.05) is 32.5 Å². The van der Waals surface area contributed by atoms with Crippen LogP contribution in [0, 0.1) is 0 Å². The molecule has 98 valence electrons. The van der Waals surface area contributed by atoms with E-state index in [1.54, 1.807) is 0 Å². The summed E-state index contributed by atoms with van der Waals surface area (Å²) in [4.78, 5) is 2.10. The Kier molecular flexibility index (Phi) is 4.24. The van der Waals surface area contributed by atoms with Crippen LogP contribution in [-0.4, -0.2) is 21.1 Å². The highest BCUT2D eigenvalue weighted by molar-refractivity contribution is 5.72. The summed E-state index contributed by atoms with van der Waals surface area (Å²) >= 11 is 0. The van der Waals surface area contributed by atoms with E-state index in [0.717, 1.165) is 5.69 Å². The van der Waals surface area contributed by atoms with Crippen LogP contribution in [0.2, 0.25) is 0 Å². The molecule has 0 atom stereocenters. The van der Waals surface area contributed by atoms with Gasteiger partial charge in [0.25, 0.3) is 0 Å². The molecule has 0 aromatic heterocycles. The molecule has 1 N–H and O–H groups in total. The lowest BCUT2D eigenvalue weighted by molar-refractivity contribution is 1.13. The van der Waals surface area contributed by atoms with Crippen molar-refractivity contribution in [2.75, 3.05) is 31.4 Å². The highest BCUT2D eigenvalue weighted by Crippen LogP contribution is 2.16. The largest absolute Gasteiger partial charge is 0.388 e. The van der Waals surface area contributed by atoms with Gasteiger partial charge in [0.15, 0.2) is 0 Å². The van der Waals surface area contributed by atoms with E-state index < -0.39 is 0 Å². The average molecular weight is 252 g/mol. The first-order valence-corrected chi connectivity index (χ1v) is 6.42. The summed E-state index contributed by atoms with van der Waals surface area (Å²) in [6.07, 6.45) is 4.26. The Labute approximate surface area is 115 Å². The van der Waals surface area contributed by atoms with Gasteiger partial charge in [-0.15, -0.1) is 0 Å². The lowest BCUT2D eigenvalue weighted by atomic mass is 10.1. The maximum Gasteiger partial charge on any atom is 0.0361 e. The molecule has 0 spiro atoms. The van der Waals surface area contributed by atoms with E-state index in [2.05, 4.69) is 70.9 Å². The van der Waals surface area contributed by atoms with Crippen molar-refractivity contribution in [1.29, 1.82) is 0 Å². The summed E-state index contributed by atoms with van der Waals surface area (Å²) in [5.41, 5.74) is 4.75. The second-order valence-corrected chi connectivity index (χ2v) is 4.69. The summed E-state index contributed by atoms with van der Waals surface area (Å²) in [5.74, 6) is 0. The Morgan fingerprint density at radius 2 is 1.58 bits per heavy atom. The van der Waals surface area contributed by atoms with Crippen LogP contribution in [-0.2, 0) is 0 Å². The molecule has 0 unspecified atom stereocenters. The van der Waals surface area contributed by atoms with E-state index in [9.17, 15) is 0 Å². The van der Waals surface area contributed by atoms with Gasteiger partial charge in [0.2, 0.25) is 0 Å². The minimum atomic E-state index is 1.13. The summed E-state index contributed by atoms with van der Waals surface area (Å²) in [6, 6.07) is 16.9. The molecule has 0 aliphatic heterocycles. The van der Waals surface area contributed by atoms with Crippen LogP contribution in [0.4, 0.5) is 11.4 Å². The Morgan fingerprint density at radius 1 is 0.895 bits per heavy atom. The van der Waals surface area contributed by atoms with Gasteiger partial charge in [-0.2, -0.15) is 0 Å². The fraction of sp³-hybridized carbons (Fsp3) is 0.176. The molecular weight excluding hydrogens is 232 g/mol. The second-order valence-electron chi connectivity index (χ2n) is 4.69. The quantitative estimate of drug-likeness (QED) is 0.828. The van der Waals surface area contributed by atoms with Crippen LogP contribution in [0.3, 0.4) is 0 Å². The van der Waals surface area contributed by atoms with Gasteiger partial charge in [-0.05, 0) is 35.4 Å². The number of nitrogens with one attached hydrogen (secondary N) is 1. The molecule has 2 nitrogen and oxygen atoms in total. The minimum absolute atomic E-state index is 1.13. The first-order chi connectivity index (χ1) is 9.19. The highest BCUT2D eigenvalue weighted by Gasteiger charge is 1.94. The Morgan fingerprint density at radius 3 is 2.21 bits per heavy atom. The first-order valence-electron chi connectivity index (χ1n) is 6.42. The zero-order valence-electron chi connectivity index (χ0n) is 11.7. The van der Waals surface area contributed by atoms with Gasteiger partial charge >= 0.3 is 0 Å². The molecule has 2 heteroatoms. The Balaban J connectivity index is 2.13. The van der Waals surface area contributed by atoms with Gasteiger partial charge in [-0.25, -0.2) is 0 Å². The molecule has 2 aromatic rings. The predicted octanol–water partition coefficient (Wildman–Crippen LogP) is 3.96. The van der Waals surface area contributed by atoms with Crippen LogP contribution in [0.15, 0.2) is 48.5 Å². The van der Waals surface area contributed by atoms with Crippen molar-refractivity contribution in [3.05, 3.63) is 59.7 Å². The molecule has 0 saturated heterocycles. The zero-order valence-corrected chi connectivity index (χ0v) is 11.7. The van der Waals surface area contributed by atoms with Gasteiger partial charge in [-0.1, -0.05) is 36.4 Å². The predicted molar refractivity (Wildman–Crippen MR) is 85.7 cm³/mol. The van der Waals surface area contributed by atoms with Crippen molar-refractivity contribution in [3.8, 4) is 0 Å². The number of hydrogen-bond donors (Lipinski definition) is 1. The number of hydrogen-bond acceptors (Lipinski definition) is 2. The van der Waals surface area contributed by atoms with E-state index in [4.69, 9.17) is 0 Å². The maximum absolute atomic E-state index is 3.15. The highest BCUT2D eigenvalue weighted by atomic mass is 15.1. The second kappa shape index (κ2) is 6.10. The summed E-state index contributed by atoms with van der Waals surface area (Å²) in [7, 11) is 6.03. The van der Waals surface area contributed by atoms with E-state index in [1.807, 2.05) is 21.1 Å². The molecule has 2 aromatic carbocycles. The molecular formula is C17H20N2. The summed E-state index contributed by atoms with van der Waals surface area (Å²) in [5, 5.41) is 3.15. The number of nitrogens with zero attached hydrogens (tertiary/aromatic N) is 1. The molecule has 0 heterocycles. The number of anilines is 2. The monoisotopic (exact) mass is 252 g/mol. The third-order valence-electron chi connectivity index (χ3n) is 3.05. The topological polar surface area (TPSA) is 15.3 Å². The number of benzene rings is 2. The van der Waals surface area contributed by atoms with Crippen molar-refractivity contribution < 1.29 is 0 Å². The van der Waals surface area contributed by atoms with Crippen LogP contribution >= 0.6 is 0 Å². The van der Waals surface area contributed by atoms with E-state index in [0.29, 0.717) is 0 Å². The molecule has 0 aliphatic rings. The Hall–Kier alpha value is -2.22. The average Bonchev–Trinajstić information content (AvgIpc) is 2.46. The van der Waals surface area contributed by atoms with Crippen molar-refractivity contribution in [2.45, 2.75) is 0 Å².